The van der Waals surface area contributed by atoms with Crippen molar-refractivity contribution in [3.63, 3.8) is 0 Å². The summed E-state index contributed by atoms with van der Waals surface area (Å²) < 4.78 is 0. The van der Waals surface area contributed by atoms with Gasteiger partial charge < -0.3 is 16.0 Å². The first kappa shape index (κ1) is 20.6. The van der Waals surface area contributed by atoms with Crippen molar-refractivity contribution in [3.05, 3.63) is 95.6 Å². The van der Waals surface area contributed by atoms with E-state index in [1.165, 1.54) is 11.3 Å². The molecular weight excluding hydrogens is 396 g/mol. The van der Waals surface area contributed by atoms with Gasteiger partial charge in [-0.2, -0.15) is 0 Å². The minimum absolute atomic E-state index is 0.108. The van der Waals surface area contributed by atoms with Gasteiger partial charge in [-0.05, 0) is 53.9 Å². The molecule has 164 valence electrons. The standard InChI is InChI=1S/C27H30N4O/c28-21-12-10-20(11-13-21)26-24-9-5-4-8-23(24)25(27(32)29-26)14-15-30-16-18-31(19-17-30)22-6-2-1-3-7-22/h1-13,25-26H,14-19,28H2,(H,29,32). The summed E-state index contributed by atoms with van der Waals surface area (Å²) in [5.74, 6) is 0.0110. The fraction of sp³-hybridized carbons (Fsp3) is 0.296. The Bertz CT molecular complexity index is 1060. The second kappa shape index (κ2) is 9.05. The van der Waals surface area contributed by atoms with Crippen molar-refractivity contribution in [2.24, 2.45) is 0 Å². The summed E-state index contributed by atoms with van der Waals surface area (Å²) in [6.45, 7) is 5.03. The summed E-state index contributed by atoms with van der Waals surface area (Å²) in [4.78, 5) is 18.1. The van der Waals surface area contributed by atoms with E-state index in [0.717, 1.165) is 56.0 Å². The number of rotatable bonds is 5. The van der Waals surface area contributed by atoms with Crippen molar-refractivity contribution in [2.75, 3.05) is 43.4 Å². The largest absolute Gasteiger partial charge is 0.399 e. The smallest absolute Gasteiger partial charge is 0.228 e. The van der Waals surface area contributed by atoms with Crippen molar-refractivity contribution in [2.45, 2.75) is 18.4 Å². The van der Waals surface area contributed by atoms with Gasteiger partial charge in [0.25, 0.3) is 0 Å². The van der Waals surface area contributed by atoms with Crippen LogP contribution < -0.4 is 16.0 Å². The molecule has 2 aliphatic rings. The summed E-state index contributed by atoms with van der Waals surface area (Å²) >= 11 is 0. The molecule has 2 atom stereocenters. The predicted octanol–water partition coefficient (Wildman–Crippen LogP) is 3.78. The van der Waals surface area contributed by atoms with Crippen LogP contribution in [-0.2, 0) is 4.79 Å². The number of nitrogens with one attached hydrogen (secondary N) is 1. The summed E-state index contributed by atoms with van der Waals surface area (Å²) in [6, 6.07) is 26.6. The number of para-hydroxylation sites is 1. The molecule has 5 rings (SSSR count). The summed E-state index contributed by atoms with van der Waals surface area (Å²) in [7, 11) is 0. The quantitative estimate of drug-likeness (QED) is 0.610. The molecule has 5 heteroatoms. The highest BCUT2D eigenvalue weighted by molar-refractivity contribution is 5.87. The molecule has 32 heavy (non-hydrogen) atoms. The normalized spacial score (nSPS) is 21.1. The van der Waals surface area contributed by atoms with Crippen LogP contribution in [0.3, 0.4) is 0 Å². The van der Waals surface area contributed by atoms with E-state index in [0.29, 0.717) is 0 Å². The van der Waals surface area contributed by atoms with Crippen LogP contribution in [0.4, 0.5) is 11.4 Å². The number of piperazine rings is 1. The number of hydrogen-bond donors (Lipinski definition) is 2. The van der Waals surface area contributed by atoms with Crippen LogP contribution in [0.1, 0.15) is 35.1 Å². The van der Waals surface area contributed by atoms with Crippen LogP contribution in [0.5, 0.6) is 0 Å². The topological polar surface area (TPSA) is 61.6 Å². The Hall–Kier alpha value is -3.31. The molecular formula is C27H30N4O. The van der Waals surface area contributed by atoms with E-state index in [4.69, 9.17) is 5.73 Å². The molecule has 3 aromatic rings. The number of anilines is 2. The van der Waals surface area contributed by atoms with Crippen molar-refractivity contribution < 1.29 is 4.79 Å². The Morgan fingerprint density at radius 1 is 0.812 bits per heavy atom. The number of amides is 1. The monoisotopic (exact) mass is 426 g/mol. The lowest BCUT2D eigenvalue weighted by Crippen LogP contribution is -2.47. The Morgan fingerprint density at radius 2 is 1.47 bits per heavy atom. The number of carbonyl (C=O) groups is 1. The SMILES string of the molecule is Nc1ccc(C2NC(=O)C(CCN3CCN(c4ccccc4)CC3)c3ccccc32)cc1. The van der Waals surface area contributed by atoms with E-state index in [9.17, 15) is 4.79 Å². The highest BCUT2D eigenvalue weighted by Gasteiger charge is 2.33. The van der Waals surface area contributed by atoms with Gasteiger partial charge in [0.1, 0.15) is 0 Å². The highest BCUT2D eigenvalue weighted by atomic mass is 16.2. The molecule has 0 aliphatic carbocycles. The van der Waals surface area contributed by atoms with Gasteiger partial charge in [-0.25, -0.2) is 0 Å². The molecule has 2 heterocycles. The number of fused-ring (bicyclic) bond motifs is 1. The molecule has 2 unspecified atom stereocenters. The predicted molar refractivity (Wildman–Crippen MR) is 130 cm³/mol. The fourth-order valence-electron chi connectivity index (χ4n) is 4.97. The molecule has 5 nitrogen and oxygen atoms in total. The molecule has 1 fully saturated rings. The van der Waals surface area contributed by atoms with E-state index in [1.54, 1.807) is 0 Å². The maximum atomic E-state index is 13.2. The molecule has 0 saturated carbocycles. The number of carbonyl (C=O) groups excluding carboxylic acids is 1. The van der Waals surface area contributed by atoms with E-state index in [2.05, 4.69) is 63.6 Å². The van der Waals surface area contributed by atoms with Crippen molar-refractivity contribution in [1.82, 2.24) is 10.2 Å². The van der Waals surface area contributed by atoms with Crippen LogP contribution in [0.2, 0.25) is 0 Å². The van der Waals surface area contributed by atoms with Gasteiger partial charge in [-0.1, -0.05) is 54.6 Å². The molecule has 0 spiro atoms. The molecule has 3 aromatic carbocycles. The fourth-order valence-corrected chi connectivity index (χ4v) is 4.97. The van der Waals surface area contributed by atoms with Crippen LogP contribution in [-0.4, -0.2) is 43.5 Å². The summed E-state index contributed by atoms with van der Waals surface area (Å²) in [5.41, 5.74) is 11.3. The number of nitrogens with zero attached hydrogens (tertiary/aromatic N) is 2. The van der Waals surface area contributed by atoms with Crippen molar-refractivity contribution in [1.29, 1.82) is 0 Å². The minimum atomic E-state index is -0.120. The van der Waals surface area contributed by atoms with Crippen LogP contribution in [0.25, 0.3) is 0 Å². The zero-order valence-corrected chi connectivity index (χ0v) is 18.3. The Kier molecular flexibility index (Phi) is 5.82. The molecule has 3 N–H and O–H groups in total. The van der Waals surface area contributed by atoms with Crippen LogP contribution in [0, 0.1) is 0 Å². The molecule has 0 bridgehead atoms. The van der Waals surface area contributed by atoms with E-state index in [-0.39, 0.29) is 17.9 Å². The van der Waals surface area contributed by atoms with E-state index < -0.39 is 0 Å². The number of hydrogen-bond acceptors (Lipinski definition) is 4. The lowest BCUT2D eigenvalue weighted by atomic mass is 9.82. The molecule has 1 saturated heterocycles. The second-order valence-electron chi connectivity index (χ2n) is 8.74. The first-order valence-corrected chi connectivity index (χ1v) is 11.5. The zero-order valence-electron chi connectivity index (χ0n) is 18.3. The lowest BCUT2D eigenvalue weighted by molar-refractivity contribution is -0.124. The van der Waals surface area contributed by atoms with Gasteiger partial charge in [0.15, 0.2) is 0 Å². The molecule has 2 aliphatic heterocycles. The highest BCUT2D eigenvalue weighted by Crippen LogP contribution is 2.36. The van der Waals surface area contributed by atoms with E-state index in [1.807, 2.05) is 30.3 Å². The van der Waals surface area contributed by atoms with Gasteiger partial charge >= 0.3 is 0 Å². The maximum absolute atomic E-state index is 13.2. The average molecular weight is 427 g/mol. The lowest BCUT2D eigenvalue weighted by Gasteiger charge is -2.37. The first-order valence-electron chi connectivity index (χ1n) is 11.5. The van der Waals surface area contributed by atoms with Gasteiger partial charge in [0.05, 0.1) is 12.0 Å². The summed E-state index contributed by atoms with van der Waals surface area (Å²) in [6.07, 6.45) is 0.836. The summed E-state index contributed by atoms with van der Waals surface area (Å²) in [5, 5.41) is 3.27. The number of benzene rings is 3. The maximum Gasteiger partial charge on any atom is 0.228 e. The van der Waals surface area contributed by atoms with Crippen molar-refractivity contribution in [3.8, 4) is 0 Å². The molecule has 1 amide bonds. The third-order valence-electron chi connectivity index (χ3n) is 6.78. The van der Waals surface area contributed by atoms with Crippen LogP contribution >= 0.6 is 0 Å². The number of nitrogen functional groups attached to an aromatic ring is 1. The Balaban J connectivity index is 1.26. The Morgan fingerprint density at radius 3 is 2.19 bits per heavy atom. The van der Waals surface area contributed by atoms with Gasteiger partial charge in [0.2, 0.25) is 5.91 Å². The van der Waals surface area contributed by atoms with Crippen LogP contribution in [0.15, 0.2) is 78.9 Å². The van der Waals surface area contributed by atoms with Crippen molar-refractivity contribution >= 4 is 17.3 Å². The molecule has 0 radical (unpaired) electrons. The van der Waals surface area contributed by atoms with Gasteiger partial charge in [-0.3, -0.25) is 9.69 Å². The average Bonchev–Trinajstić information content (AvgIpc) is 2.84. The van der Waals surface area contributed by atoms with E-state index >= 15 is 0 Å². The van der Waals surface area contributed by atoms with Gasteiger partial charge in [-0.15, -0.1) is 0 Å². The molecule has 0 aromatic heterocycles. The minimum Gasteiger partial charge on any atom is -0.399 e. The Labute approximate surface area is 189 Å². The zero-order chi connectivity index (χ0) is 21.9. The first-order chi connectivity index (χ1) is 15.7. The third kappa shape index (κ3) is 4.21. The third-order valence-corrected chi connectivity index (χ3v) is 6.78. The number of nitrogens with two attached hydrogens (primary N) is 1. The second-order valence-corrected chi connectivity index (χ2v) is 8.74. The van der Waals surface area contributed by atoms with Gasteiger partial charge in [0, 0.05) is 37.6 Å².